The van der Waals surface area contributed by atoms with Gasteiger partial charge in [-0.3, -0.25) is 9.97 Å². The number of fused-ring (bicyclic) bond motifs is 1. The standard InChI is InChI=1S/C10H12N4O4S.C6H3N2O5.Hg/c15-1-4-6(16)7(17)10(18-4)14-3-13-5-8(14)11-2-12-9(5)19;9-6-2-1-4(7(10)11)3-5(6)8(12)13;/h2-4,6-7,10,15-17H,1H2,(H,11,12,19);1,3,9H;/p+1. The number of nitro benzene ring substituents is 2. The number of phenolic OH excluding ortho intramolecular Hbond substituents is 1. The smallest absolute Gasteiger partial charge is 0.272 e. The molecule has 0 amide bonds. The normalized spacial score (nSPS) is 22.1. The SMILES string of the molecule is O=[N+]([O-])c1c[c]([Hg])c(O)c([N+](=O)[O-])c1.OCC1OC([n+]2c[nH]c3c(=S)nc[nH]c32)C(O)C1O. The molecule has 2 aromatic heterocycles. The molecule has 6 N–H and O–H groups in total. The van der Waals surface area contributed by atoms with Crippen LogP contribution in [0, 0.1) is 24.9 Å². The van der Waals surface area contributed by atoms with Crippen molar-refractivity contribution in [1.29, 1.82) is 0 Å². The fourth-order valence-electron chi connectivity index (χ4n) is 3.14. The molecular formula is C16H16HgN6O9S+. The van der Waals surface area contributed by atoms with E-state index in [1.165, 1.54) is 6.33 Å². The molecule has 17 heteroatoms. The van der Waals surface area contributed by atoms with Gasteiger partial charge < -0.3 is 20.1 Å². The number of phenols is 1. The van der Waals surface area contributed by atoms with Gasteiger partial charge >= 0.3 is 93.6 Å². The predicted molar refractivity (Wildman–Crippen MR) is 106 cm³/mol. The van der Waals surface area contributed by atoms with Crippen molar-refractivity contribution in [2.24, 2.45) is 0 Å². The predicted octanol–water partition coefficient (Wildman–Crippen LogP) is -1.10. The summed E-state index contributed by atoms with van der Waals surface area (Å²) in [6, 6.07) is 1.91. The number of hydrogen-bond donors (Lipinski definition) is 6. The second-order valence-corrected chi connectivity index (χ2v) is 10.2. The third-order valence-corrected chi connectivity index (χ3v) is 7.20. The number of aliphatic hydroxyl groups is 3. The quantitative estimate of drug-likeness (QED) is 0.0643. The van der Waals surface area contributed by atoms with Crippen LogP contribution in [0.5, 0.6) is 5.75 Å². The number of aliphatic hydroxyl groups excluding tert-OH is 3. The number of hydrogen-bond acceptors (Lipinski definition) is 11. The Morgan fingerprint density at radius 2 is 1.91 bits per heavy atom. The molecule has 0 spiro atoms. The summed E-state index contributed by atoms with van der Waals surface area (Å²) in [5.41, 5.74) is 0.230. The molecule has 1 aliphatic heterocycles. The molecule has 1 saturated heterocycles. The summed E-state index contributed by atoms with van der Waals surface area (Å²) in [7, 11) is 0. The topological polar surface area (TPSA) is 225 Å². The molecule has 4 rings (SSSR count). The van der Waals surface area contributed by atoms with E-state index in [0.29, 0.717) is 18.9 Å². The molecule has 0 radical (unpaired) electrons. The molecule has 1 aromatic carbocycles. The molecule has 0 bridgehead atoms. The van der Waals surface area contributed by atoms with Crippen LogP contribution in [0.3, 0.4) is 0 Å². The largest absolute Gasteiger partial charge is 0.394 e. The van der Waals surface area contributed by atoms with Gasteiger partial charge in [0, 0.05) is 0 Å². The van der Waals surface area contributed by atoms with Gasteiger partial charge in [0.2, 0.25) is 11.7 Å². The summed E-state index contributed by atoms with van der Waals surface area (Å²) < 4.78 is 7.71. The minimum Gasteiger partial charge on any atom is -0.394 e. The molecule has 3 heterocycles. The van der Waals surface area contributed by atoms with Crippen LogP contribution in [0.25, 0.3) is 11.2 Å². The zero-order valence-electron chi connectivity index (χ0n) is 16.6. The number of aromatic hydroxyl groups is 1. The van der Waals surface area contributed by atoms with Crippen molar-refractivity contribution in [2.75, 3.05) is 6.61 Å². The number of nitrogens with zero attached hydrogens (tertiary/aromatic N) is 4. The van der Waals surface area contributed by atoms with E-state index in [0.717, 1.165) is 12.1 Å². The maximum atomic E-state index is 10.4. The first-order valence-electron chi connectivity index (χ1n) is 9.12. The van der Waals surface area contributed by atoms with Gasteiger partial charge in [-0.15, -0.1) is 0 Å². The molecule has 0 aliphatic carbocycles. The van der Waals surface area contributed by atoms with Crippen LogP contribution in [0.4, 0.5) is 11.4 Å². The molecule has 33 heavy (non-hydrogen) atoms. The van der Waals surface area contributed by atoms with Crippen LogP contribution in [0.2, 0.25) is 0 Å². The third kappa shape index (κ3) is 4.99. The number of benzene rings is 1. The third-order valence-electron chi connectivity index (χ3n) is 4.79. The van der Waals surface area contributed by atoms with E-state index in [1.54, 1.807) is 10.9 Å². The van der Waals surface area contributed by atoms with Gasteiger partial charge in [-0.05, 0) is 0 Å². The zero-order chi connectivity index (χ0) is 24.4. The summed E-state index contributed by atoms with van der Waals surface area (Å²) in [6.07, 6.45) is -0.903. The Morgan fingerprint density at radius 3 is 2.48 bits per heavy atom. The van der Waals surface area contributed by atoms with Gasteiger partial charge in [0.05, 0.1) is 6.61 Å². The Kier molecular flexibility index (Phi) is 7.65. The van der Waals surface area contributed by atoms with Crippen LogP contribution in [-0.4, -0.2) is 70.1 Å². The number of nitro groups is 2. The summed E-state index contributed by atoms with van der Waals surface area (Å²) in [5, 5.41) is 58.8. The molecule has 3 aromatic rings. The van der Waals surface area contributed by atoms with Crippen molar-refractivity contribution in [3.8, 4) is 5.75 Å². The van der Waals surface area contributed by atoms with Gasteiger partial charge in [0.1, 0.15) is 18.3 Å². The molecule has 1 fully saturated rings. The number of non-ortho nitro benzene ring substituents is 1. The van der Waals surface area contributed by atoms with Gasteiger partial charge in [-0.25, -0.2) is 9.55 Å². The van der Waals surface area contributed by atoms with Crippen LogP contribution < -0.4 is 7.64 Å². The molecule has 4 unspecified atom stereocenters. The number of H-pyrrole nitrogens is 2. The Bertz CT molecular complexity index is 1270. The van der Waals surface area contributed by atoms with Crippen molar-refractivity contribution in [3.63, 3.8) is 0 Å². The average Bonchev–Trinajstić information content (AvgIpc) is 3.32. The number of aromatic nitrogens is 4. The first kappa shape index (κ1) is 25.0. The molecule has 15 nitrogen and oxygen atoms in total. The summed E-state index contributed by atoms with van der Waals surface area (Å²) >= 11 is 4.96. The van der Waals surface area contributed by atoms with Gasteiger partial charge in [0.25, 0.3) is 5.65 Å². The van der Waals surface area contributed by atoms with Crippen LogP contribution in [0.1, 0.15) is 6.23 Å². The van der Waals surface area contributed by atoms with E-state index in [9.17, 15) is 35.5 Å². The zero-order valence-corrected chi connectivity index (χ0v) is 22.9. The van der Waals surface area contributed by atoms with E-state index in [2.05, 4.69) is 15.0 Å². The van der Waals surface area contributed by atoms with Crippen molar-refractivity contribution in [1.82, 2.24) is 15.0 Å². The Hall–Kier alpha value is -2.63. The molecule has 171 valence electrons. The number of ether oxygens (including phenoxy) is 1. The molecule has 4 atom stereocenters. The van der Waals surface area contributed by atoms with E-state index in [4.69, 9.17) is 22.1 Å². The minimum absolute atomic E-state index is 0.114. The van der Waals surface area contributed by atoms with Gasteiger partial charge in [0.15, 0.2) is 17.3 Å². The Labute approximate surface area is 204 Å². The number of nitrogens with one attached hydrogen (secondary N) is 2. The summed E-state index contributed by atoms with van der Waals surface area (Å²) in [6.45, 7) is -0.366. The number of aromatic amines is 2. The molecule has 0 saturated carbocycles. The Balaban J connectivity index is 0.000000196. The van der Waals surface area contributed by atoms with E-state index in [-0.39, 0.29) is 38.4 Å². The van der Waals surface area contributed by atoms with E-state index in [1.807, 2.05) is 0 Å². The maximum Gasteiger partial charge on any atom is 0.272 e. The van der Waals surface area contributed by atoms with Crippen molar-refractivity contribution in [2.45, 2.75) is 24.5 Å². The van der Waals surface area contributed by atoms with E-state index >= 15 is 0 Å². The first-order valence-corrected chi connectivity index (χ1v) is 12.3. The molecule has 1 aliphatic rings. The van der Waals surface area contributed by atoms with Crippen LogP contribution in [0.15, 0.2) is 24.8 Å². The average molecular weight is 669 g/mol. The van der Waals surface area contributed by atoms with E-state index < -0.39 is 45.8 Å². The minimum atomic E-state index is -1.14. The maximum absolute atomic E-state index is 10.4. The number of rotatable bonds is 4. The van der Waals surface area contributed by atoms with Crippen molar-refractivity contribution in [3.05, 3.63) is 49.7 Å². The fraction of sp³-hybridized carbons (Fsp3) is 0.312. The van der Waals surface area contributed by atoms with Crippen molar-refractivity contribution < 1.29 is 65.7 Å². The van der Waals surface area contributed by atoms with Gasteiger partial charge in [-0.1, -0.05) is 12.2 Å². The van der Waals surface area contributed by atoms with Crippen LogP contribution >= 0.6 is 12.2 Å². The number of imidazole rings is 1. The summed E-state index contributed by atoms with van der Waals surface area (Å²) in [4.78, 5) is 29.0. The first-order chi connectivity index (χ1) is 15.6. The fourth-order valence-corrected chi connectivity index (χ4v) is 4.86. The Morgan fingerprint density at radius 1 is 1.21 bits per heavy atom. The van der Waals surface area contributed by atoms with Crippen molar-refractivity contribution >= 4 is 37.8 Å². The van der Waals surface area contributed by atoms with Crippen LogP contribution in [-0.2, 0) is 30.9 Å². The van der Waals surface area contributed by atoms with Gasteiger partial charge in [-0.2, -0.15) is 0 Å². The monoisotopic (exact) mass is 670 g/mol. The second-order valence-electron chi connectivity index (χ2n) is 6.83. The molecular weight excluding hydrogens is 653 g/mol. The summed E-state index contributed by atoms with van der Waals surface area (Å²) in [5.74, 6) is -0.455. The second kappa shape index (κ2) is 10.1.